The fourth-order valence-corrected chi connectivity index (χ4v) is 2.76. The molecule has 4 nitrogen and oxygen atoms in total. The van der Waals surface area contributed by atoms with Crippen LogP contribution in [0.1, 0.15) is 39.0 Å². The Hall–Kier alpha value is -0.840. The summed E-state index contributed by atoms with van der Waals surface area (Å²) in [6.07, 6.45) is 2.99. The van der Waals surface area contributed by atoms with Crippen molar-refractivity contribution in [2.24, 2.45) is 0 Å². The van der Waals surface area contributed by atoms with E-state index in [0.29, 0.717) is 6.04 Å². The van der Waals surface area contributed by atoms with E-state index in [1.54, 1.807) is 6.26 Å². The summed E-state index contributed by atoms with van der Waals surface area (Å²) in [5, 5.41) is 3.53. The lowest BCUT2D eigenvalue weighted by Crippen LogP contribution is -2.50. The minimum atomic E-state index is 0.298. The molecule has 1 aromatic rings. The van der Waals surface area contributed by atoms with Crippen molar-refractivity contribution in [1.29, 1.82) is 0 Å². The van der Waals surface area contributed by atoms with E-state index < -0.39 is 0 Å². The molecule has 0 bridgehead atoms. The van der Waals surface area contributed by atoms with Crippen LogP contribution in [0.2, 0.25) is 0 Å². The summed E-state index contributed by atoms with van der Waals surface area (Å²) in [6.45, 7) is 13.7. The van der Waals surface area contributed by atoms with E-state index in [1.165, 1.54) is 32.6 Å². The molecule has 2 unspecified atom stereocenters. The molecule has 0 amide bonds. The molecule has 20 heavy (non-hydrogen) atoms. The maximum atomic E-state index is 5.41. The van der Waals surface area contributed by atoms with Crippen LogP contribution in [0.4, 0.5) is 0 Å². The highest BCUT2D eigenvalue weighted by molar-refractivity contribution is 5.02. The summed E-state index contributed by atoms with van der Waals surface area (Å²) in [6, 6.07) is 5.00. The average molecular weight is 279 g/mol. The maximum Gasteiger partial charge on any atom is 0.120 e. The van der Waals surface area contributed by atoms with Gasteiger partial charge in [-0.05, 0) is 32.4 Å². The number of rotatable bonds is 7. The number of furan rings is 1. The van der Waals surface area contributed by atoms with Gasteiger partial charge in [-0.25, -0.2) is 0 Å². The second kappa shape index (κ2) is 7.81. The van der Waals surface area contributed by atoms with Crippen LogP contribution >= 0.6 is 0 Å². The predicted molar refractivity (Wildman–Crippen MR) is 82.9 cm³/mol. The van der Waals surface area contributed by atoms with Crippen molar-refractivity contribution >= 4 is 0 Å². The quantitative estimate of drug-likeness (QED) is 0.830. The van der Waals surface area contributed by atoms with Gasteiger partial charge in [-0.2, -0.15) is 0 Å². The molecule has 1 aromatic heterocycles. The van der Waals surface area contributed by atoms with Crippen molar-refractivity contribution in [3.63, 3.8) is 0 Å². The number of nitrogens with one attached hydrogen (secondary N) is 1. The van der Waals surface area contributed by atoms with Gasteiger partial charge in [-0.1, -0.05) is 6.92 Å². The topological polar surface area (TPSA) is 31.6 Å². The van der Waals surface area contributed by atoms with E-state index in [4.69, 9.17) is 4.42 Å². The van der Waals surface area contributed by atoms with Gasteiger partial charge in [0.2, 0.25) is 0 Å². The summed E-state index contributed by atoms with van der Waals surface area (Å²) in [5.74, 6) is 1.02. The van der Waals surface area contributed by atoms with Gasteiger partial charge in [0.05, 0.1) is 12.3 Å². The van der Waals surface area contributed by atoms with E-state index in [-0.39, 0.29) is 0 Å². The average Bonchev–Trinajstić information content (AvgIpc) is 3.01. The van der Waals surface area contributed by atoms with Gasteiger partial charge in [-0.15, -0.1) is 0 Å². The Labute approximate surface area is 123 Å². The van der Waals surface area contributed by atoms with E-state index in [9.17, 15) is 0 Å². The minimum absolute atomic E-state index is 0.298. The second-order valence-electron chi connectivity index (χ2n) is 5.83. The van der Waals surface area contributed by atoms with Crippen molar-refractivity contribution in [3.8, 4) is 0 Å². The van der Waals surface area contributed by atoms with Crippen molar-refractivity contribution in [2.45, 2.75) is 39.3 Å². The van der Waals surface area contributed by atoms with Crippen LogP contribution in [0.15, 0.2) is 22.8 Å². The normalized spacial score (nSPS) is 20.9. The zero-order valence-corrected chi connectivity index (χ0v) is 13.1. The molecule has 0 aromatic carbocycles. The van der Waals surface area contributed by atoms with Crippen LogP contribution in [0.25, 0.3) is 0 Å². The molecule has 0 saturated carbocycles. The Morgan fingerprint density at radius 1 is 1.25 bits per heavy atom. The zero-order chi connectivity index (χ0) is 14.4. The molecule has 2 rings (SSSR count). The Kier molecular flexibility index (Phi) is 6.07. The first-order valence-electron chi connectivity index (χ1n) is 7.94. The molecule has 2 atom stereocenters. The SMILES string of the molecule is CCC(C)N1CCN(CCNC(C)c2ccco2)CC1. The summed E-state index contributed by atoms with van der Waals surface area (Å²) >= 11 is 0. The molecule has 0 spiro atoms. The lowest BCUT2D eigenvalue weighted by molar-refractivity contribution is 0.101. The van der Waals surface area contributed by atoms with Crippen LogP contribution in [-0.2, 0) is 0 Å². The fraction of sp³-hybridized carbons (Fsp3) is 0.750. The van der Waals surface area contributed by atoms with Crippen LogP contribution in [-0.4, -0.2) is 55.1 Å². The molecule has 0 radical (unpaired) electrons. The lowest BCUT2D eigenvalue weighted by Gasteiger charge is -2.38. The number of piperazine rings is 1. The third-order valence-corrected chi connectivity index (χ3v) is 4.47. The Bertz CT molecular complexity index is 358. The molecule has 1 aliphatic heterocycles. The van der Waals surface area contributed by atoms with Gasteiger partial charge in [-0.3, -0.25) is 9.80 Å². The number of hydrogen-bond acceptors (Lipinski definition) is 4. The van der Waals surface area contributed by atoms with E-state index in [2.05, 4.69) is 35.9 Å². The molecule has 1 aliphatic rings. The highest BCUT2D eigenvalue weighted by Gasteiger charge is 2.19. The van der Waals surface area contributed by atoms with Crippen molar-refractivity contribution < 1.29 is 4.42 Å². The van der Waals surface area contributed by atoms with Crippen LogP contribution in [0.3, 0.4) is 0 Å². The molecule has 4 heteroatoms. The van der Waals surface area contributed by atoms with Gasteiger partial charge >= 0.3 is 0 Å². The number of nitrogens with zero attached hydrogens (tertiary/aromatic N) is 2. The molecule has 114 valence electrons. The monoisotopic (exact) mass is 279 g/mol. The van der Waals surface area contributed by atoms with Gasteiger partial charge in [0.25, 0.3) is 0 Å². The summed E-state index contributed by atoms with van der Waals surface area (Å²) in [4.78, 5) is 5.16. The second-order valence-corrected chi connectivity index (χ2v) is 5.83. The zero-order valence-electron chi connectivity index (χ0n) is 13.1. The highest BCUT2D eigenvalue weighted by atomic mass is 16.3. The predicted octanol–water partition coefficient (Wildman–Crippen LogP) is 2.35. The molecular weight excluding hydrogens is 250 g/mol. The molecular formula is C16H29N3O. The van der Waals surface area contributed by atoms with Gasteiger partial charge in [0, 0.05) is 45.3 Å². The minimum Gasteiger partial charge on any atom is -0.468 e. The van der Waals surface area contributed by atoms with Gasteiger partial charge in [0.15, 0.2) is 0 Å². The number of hydrogen-bond donors (Lipinski definition) is 1. The van der Waals surface area contributed by atoms with Crippen LogP contribution < -0.4 is 5.32 Å². The third-order valence-electron chi connectivity index (χ3n) is 4.47. The molecule has 2 heterocycles. The largest absolute Gasteiger partial charge is 0.468 e. The molecule has 1 N–H and O–H groups in total. The highest BCUT2D eigenvalue weighted by Crippen LogP contribution is 2.12. The Morgan fingerprint density at radius 2 is 2.00 bits per heavy atom. The van der Waals surface area contributed by atoms with E-state index in [1.807, 2.05) is 12.1 Å². The first-order chi connectivity index (χ1) is 9.70. The summed E-state index contributed by atoms with van der Waals surface area (Å²) < 4.78 is 5.41. The van der Waals surface area contributed by atoms with Crippen molar-refractivity contribution in [2.75, 3.05) is 39.3 Å². The molecule has 1 saturated heterocycles. The summed E-state index contributed by atoms with van der Waals surface area (Å²) in [7, 11) is 0. The first kappa shape index (κ1) is 15.5. The molecule has 1 fully saturated rings. The maximum absolute atomic E-state index is 5.41. The third kappa shape index (κ3) is 4.33. The Balaban J connectivity index is 1.62. The van der Waals surface area contributed by atoms with Gasteiger partial charge < -0.3 is 9.73 Å². The van der Waals surface area contributed by atoms with E-state index in [0.717, 1.165) is 24.9 Å². The fourth-order valence-electron chi connectivity index (χ4n) is 2.76. The van der Waals surface area contributed by atoms with Gasteiger partial charge in [0.1, 0.15) is 5.76 Å². The Morgan fingerprint density at radius 3 is 2.60 bits per heavy atom. The van der Waals surface area contributed by atoms with Crippen molar-refractivity contribution in [1.82, 2.24) is 15.1 Å². The smallest absolute Gasteiger partial charge is 0.120 e. The van der Waals surface area contributed by atoms with Crippen molar-refractivity contribution in [3.05, 3.63) is 24.2 Å². The summed E-state index contributed by atoms with van der Waals surface area (Å²) in [5.41, 5.74) is 0. The molecule has 0 aliphatic carbocycles. The van der Waals surface area contributed by atoms with Crippen LogP contribution in [0.5, 0.6) is 0 Å². The standard InChI is InChI=1S/C16H29N3O/c1-4-14(2)19-11-9-18(10-12-19)8-7-17-15(3)16-6-5-13-20-16/h5-6,13-15,17H,4,7-12H2,1-3H3. The van der Waals surface area contributed by atoms with Crippen LogP contribution in [0, 0.1) is 0 Å². The van der Waals surface area contributed by atoms with E-state index >= 15 is 0 Å². The lowest BCUT2D eigenvalue weighted by atomic mass is 10.2. The first-order valence-corrected chi connectivity index (χ1v) is 7.94.